The van der Waals surface area contributed by atoms with Gasteiger partial charge in [0, 0.05) is 30.8 Å². The minimum atomic E-state index is -0.393. The Morgan fingerprint density at radius 3 is 2.80 bits per heavy atom. The molecule has 0 fully saturated rings. The zero-order valence-electron chi connectivity index (χ0n) is 9.36. The van der Waals surface area contributed by atoms with Crippen molar-refractivity contribution >= 4 is 5.78 Å². The third-order valence-electron chi connectivity index (χ3n) is 2.99. The van der Waals surface area contributed by atoms with Crippen LogP contribution in [0.2, 0.25) is 0 Å². The van der Waals surface area contributed by atoms with Gasteiger partial charge in [-0.1, -0.05) is 19.9 Å². The summed E-state index contributed by atoms with van der Waals surface area (Å²) in [6.45, 7) is 4.32. The van der Waals surface area contributed by atoms with Crippen LogP contribution in [0.5, 0.6) is 0 Å². The van der Waals surface area contributed by atoms with Crippen LogP contribution in [0.1, 0.15) is 25.8 Å². The first-order valence-corrected chi connectivity index (χ1v) is 5.24. The SMILES string of the molecule is CCC(C)(CN)C(=O)Cc1cccnc1. The van der Waals surface area contributed by atoms with Crippen molar-refractivity contribution in [1.29, 1.82) is 0 Å². The predicted molar refractivity (Wildman–Crippen MR) is 60.4 cm³/mol. The number of carbonyl (C=O) groups excluding carboxylic acids is 1. The van der Waals surface area contributed by atoms with Gasteiger partial charge in [-0.3, -0.25) is 9.78 Å². The number of nitrogens with zero attached hydrogens (tertiary/aromatic N) is 1. The Morgan fingerprint density at radius 2 is 2.33 bits per heavy atom. The summed E-state index contributed by atoms with van der Waals surface area (Å²) in [5.74, 6) is 0.195. The van der Waals surface area contributed by atoms with Crippen molar-refractivity contribution in [3.8, 4) is 0 Å². The molecule has 3 nitrogen and oxygen atoms in total. The molecule has 0 radical (unpaired) electrons. The van der Waals surface area contributed by atoms with Crippen molar-refractivity contribution in [3.63, 3.8) is 0 Å². The van der Waals surface area contributed by atoms with Crippen LogP contribution in [0.4, 0.5) is 0 Å². The number of Topliss-reactive ketones (excluding diaryl/α,β-unsaturated/α-hetero) is 1. The second kappa shape index (κ2) is 5.03. The zero-order valence-corrected chi connectivity index (χ0v) is 9.36. The van der Waals surface area contributed by atoms with E-state index in [-0.39, 0.29) is 5.78 Å². The van der Waals surface area contributed by atoms with Crippen LogP contribution >= 0.6 is 0 Å². The smallest absolute Gasteiger partial charge is 0.144 e. The number of aromatic nitrogens is 1. The van der Waals surface area contributed by atoms with E-state index in [1.54, 1.807) is 12.4 Å². The summed E-state index contributed by atoms with van der Waals surface area (Å²) in [5.41, 5.74) is 6.20. The van der Waals surface area contributed by atoms with Crippen molar-refractivity contribution in [2.75, 3.05) is 6.54 Å². The molecule has 1 rings (SSSR count). The maximum Gasteiger partial charge on any atom is 0.144 e. The van der Waals surface area contributed by atoms with E-state index in [1.165, 1.54) is 0 Å². The lowest BCUT2D eigenvalue weighted by molar-refractivity contribution is -0.126. The van der Waals surface area contributed by atoms with Crippen molar-refractivity contribution in [1.82, 2.24) is 4.98 Å². The molecule has 3 heteroatoms. The Morgan fingerprint density at radius 1 is 1.60 bits per heavy atom. The van der Waals surface area contributed by atoms with E-state index in [4.69, 9.17) is 5.73 Å². The molecule has 0 aliphatic carbocycles. The average molecular weight is 206 g/mol. The Hall–Kier alpha value is -1.22. The molecular weight excluding hydrogens is 188 g/mol. The van der Waals surface area contributed by atoms with Gasteiger partial charge < -0.3 is 5.73 Å². The van der Waals surface area contributed by atoms with Gasteiger partial charge in [-0.15, -0.1) is 0 Å². The van der Waals surface area contributed by atoms with Gasteiger partial charge in [-0.2, -0.15) is 0 Å². The van der Waals surface area contributed by atoms with Crippen LogP contribution in [0.3, 0.4) is 0 Å². The van der Waals surface area contributed by atoms with Crippen LogP contribution in [-0.4, -0.2) is 17.3 Å². The molecule has 0 spiro atoms. The van der Waals surface area contributed by atoms with Gasteiger partial charge in [0.15, 0.2) is 0 Å². The fraction of sp³-hybridized carbons (Fsp3) is 0.500. The van der Waals surface area contributed by atoms with E-state index in [0.29, 0.717) is 13.0 Å². The topological polar surface area (TPSA) is 56.0 Å². The molecule has 82 valence electrons. The molecule has 2 N–H and O–H groups in total. The maximum absolute atomic E-state index is 12.0. The third kappa shape index (κ3) is 2.86. The van der Waals surface area contributed by atoms with E-state index >= 15 is 0 Å². The van der Waals surface area contributed by atoms with Gasteiger partial charge in [0.1, 0.15) is 5.78 Å². The van der Waals surface area contributed by atoms with E-state index in [0.717, 1.165) is 12.0 Å². The number of nitrogens with two attached hydrogens (primary N) is 1. The average Bonchev–Trinajstić information content (AvgIpc) is 2.29. The molecule has 0 aliphatic rings. The van der Waals surface area contributed by atoms with E-state index < -0.39 is 5.41 Å². The number of carbonyl (C=O) groups is 1. The van der Waals surface area contributed by atoms with E-state index in [9.17, 15) is 4.79 Å². The third-order valence-corrected chi connectivity index (χ3v) is 2.99. The first kappa shape index (κ1) is 11.9. The molecule has 1 unspecified atom stereocenters. The first-order chi connectivity index (χ1) is 7.12. The molecule has 0 aromatic carbocycles. The van der Waals surface area contributed by atoms with Crippen LogP contribution in [0, 0.1) is 5.41 Å². The highest BCUT2D eigenvalue weighted by Gasteiger charge is 2.28. The molecule has 0 aliphatic heterocycles. The molecule has 15 heavy (non-hydrogen) atoms. The fourth-order valence-electron chi connectivity index (χ4n) is 1.36. The van der Waals surface area contributed by atoms with Crippen molar-refractivity contribution < 1.29 is 4.79 Å². The highest BCUT2D eigenvalue weighted by atomic mass is 16.1. The number of hydrogen-bond donors (Lipinski definition) is 1. The van der Waals surface area contributed by atoms with Crippen molar-refractivity contribution in [3.05, 3.63) is 30.1 Å². The first-order valence-electron chi connectivity index (χ1n) is 5.24. The van der Waals surface area contributed by atoms with E-state index in [1.807, 2.05) is 26.0 Å². The summed E-state index contributed by atoms with van der Waals surface area (Å²) in [6, 6.07) is 3.76. The Balaban J connectivity index is 2.71. The van der Waals surface area contributed by atoms with Crippen LogP contribution in [0.15, 0.2) is 24.5 Å². The van der Waals surface area contributed by atoms with E-state index in [2.05, 4.69) is 4.98 Å². The van der Waals surface area contributed by atoms with Crippen LogP contribution in [0.25, 0.3) is 0 Å². The standard InChI is InChI=1S/C12H18N2O/c1-3-12(2,9-13)11(15)7-10-5-4-6-14-8-10/h4-6,8H,3,7,9,13H2,1-2H3. The Labute approximate surface area is 90.7 Å². The summed E-state index contributed by atoms with van der Waals surface area (Å²) < 4.78 is 0. The Kier molecular flexibility index (Phi) is 3.97. The highest BCUT2D eigenvalue weighted by Crippen LogP contribution is 2.22. The van der Waals surface area contributed by atoms with Gasteiger partial charge in [0.25, 0.3) is 0 Å². The van der Waals surface area contributed by atoms with Gasteiger partial charge in [0.05, 0.1) is 0 Å². The monoisotopic (exact) mass is 206 g/mol. The minimum Gasteiger partial charge on any atom is -0.329 e. The molecule has 0 amide bonds. The number of pyridine rings is 1. The largest absolute Gasteiger partial charge is 0.329 e. The molecule has 0 bridgehead atoms. The molecule has 1 heterocycles. The Bertz CT molecular complexity index is 318. The normalized spacial score (nSPS) is 14.6. The summed E-state index contributed by atoms with van der Waals surface area (Å²) in [7, 11) is 0. The molecule has 1 aromatic rings. The van der Waals surface area contributed by atoms with Crippen LogP contribution in [-0.2, 0) is 11.2 Å². The minimum absolute atomic E-state index is 0.195. The zero-order chi connectivity index (χ0) is 11.3. The summed E-state index contributed by atoms with van der Waals surface area (Å²) in [6.07, 6.45) is 4.64. The van der Waals surface area contributed by atoms with Crippen molar-refractivity contribution in [2.24, 2.45) is 11.1 Å². The summed E-state index contributed by atoms with van der Waals surface area (Å²) in [4.78, 5) is 16.0. The lowest BCUT2D eigenvalue weighted by Crippen LogP contribution is -2.36. The quantitative estimate of drug-likeness (QED) is 0.795. The summed E-state index contributed by atoms with van der Waals surface area (Å²) >= 11 is 0. The number of ketones is 1. The van der Waals surface area contributed by atoms with Gasteiger partial charge in [-0.25, -0.2) is 0 Å². The van der Waals surface area contributed by atoms with Gasteiger partial charge >= 0.3 is 0 Å². The second-order valence-corrected chi connectivity index (χ2v) is 4.08. The van der Waals surface area contributed by atoms with Crippen molar-refractivity contribution in [2.45, 2.75) is 26.7 Å². The predicted octanol–water partition coefficient (Wildman–Crippen LogP) is 1.57. The maximum atomic E-state index is 12.0. The second-order valence-electron chi connectivity index (χ2n) is 4.08. The fourth-order valence-corrected chi connectivity index (χ4v) is 1.36. The van der Waals surface area contributed by atoms with Gasteiger partial charge in [-0.05, 0) is 18.1 Å². The lowest BCUT2D eigenvalue weighted by atomic mass is 9.81. The number of hydrogen-bond acceptors (Lipinski definition) is 3. The summed E-state index contributed by atoms with van der Waals surface area (Å²) in [5, 5.41) is 0. The molecule has 1 atom stereocenters. The molecule has 0 saturated heterocycles. The molecular formula is C12H18N2O. The number of rotatable bonds is 5. The molecule has 0 saturated carbocycles. The lowest BCUT2D eigenvalue weighted by Gasteiger charge is -2.24. The van der Waals surface area contributed by atoms with Gasteiger partial charge in [0.2, 0.25) is 0 Å². The van der Waals surface area contributed by atoms with Crippen LogP contribution < -0.4 is 5.73 Å². The molecule has 1 aromatic heterocycles. The highest BCUT2D eigenvalue weighted by molar-refractivity contribution is 5.86.